The molecule has 1 aromatic heterocycles. The van der Waals surface area contributed by atoms with Gasteiger partial charge in [0.25, 0.3) is 11.8 Å². The fourth-order valence-electron chi connectivity index (χ4n) is 4.86. The lowest BCUT2D eigenvalue weighted by Crippen LogP contribution is -2.41. The van der Waals surface area contributed by atoms with Crippen molar-refractivity contribution in [3.63, 3.8) is 0 Å². The highest BCUT2D eigenvalue weighted by molar-refractivity contribution is 9.10. The number of alkyl halides is 3. The highest BCUT2D eigenvalue weighted by Crippen LogP contribution is 2.27. The largest absolute Gasteiger partial charge is 0.484 e. The Kier molecular flexibility index (Phi) is 8.70. The van der Waals surface area contributed by atoms with Crippen molar-refractivity contribution in [2.75, 3.05) is 13.2 Å². The quantitative estimate of drug-likeness (QED) is 0.255. The van der Waals surface area contributed by atoms with Crippen LogP contribution in [0.1, 0.15) is 45.1 Å². The Morgan fingerprint density at radius 1 is 1.05 bits per heavy atom. The summed E-state index contributed by atoms with van der Waals surface area (Å²) >= 11 is 9.52. The molecule has 5 rings (SSSR count). The van der Waals surface area contributed by atoms with Gasteiger partial charge in [0.15, 0.2) is 6.61 Å². The van der Waals surface area contributed by atoms with Crippen molar-refractivity contribution in [3.8, 4) is 11.4 Å². The molecule has 0 saturated carbocycles. The van der Waals surface area contributed by atoms with Gasteiger partial charge in [0.2, 0.25) is 0 Å². The minimum Gasteiger partial charge on any atom is -0.484 e. The summed E-state index contributed by atoms with van der Waals surface area (Å²) in [5.74, 6) is -0.927. The van der Waals surface area contributed by atoms with Crippen LogP contribution in [-0.2, 0) is 13.1 Å². The molecule has 43 heavy (non-hydrogen) atoms. The van der Waals surface area contributed by atoms with E-state index in [1.54, 1.807) is 25.1 Å². The van der Waals surface area contributed by atoms with Crippen molar-refractivity contribution in [1.29, 1.82) is 0 Å². The average molecular weight is 678 g/mol. The number of nitrogens with zero attached hydrogens (tertiary/aromatic N) is 3. The molecule has 224 valence electrons. The van der Waals surface area contributed by atoms with Crippen molar-refractivity contribution >= 4 is 39.3 Å². The first kappa shape index (κ1) is 30.4. The molecule has 0 radical (unpaired) electrons. The number of benzene rings is 3. The number of aromatic nitrogens is 2. The second-order valence-electron chi connectivity index (χ2n) is 9.92. The van der Waals surface area contributed by atoms with E-state index in [9.17, 15) is 27.6 Å². The number of carbonyl (C=O) groups is 2. The van der Waals surface area contributed by atoms with Crippen molar-refractivity contribution in [2.45, 2.75) is 32.2 Å². The van der Waals surface area contributed by atoms with Gasteiger partial charge in [-0.25, -0.2) is 4.79 Å². The Bertz CT molecular complexity index is 1720. The number of amides is 2. The summed E-state index contributed by atoms with van der Waals surface area (Å²) in [4.78, 5) is 42.5. The van der Waals surface area contributed by atoms with Gasteiger partial charge >= 0.3 is 11.9 Å². The molecule has 1 aliphatic heterocycles. The number of hydrogen-bond donors (Lipinski definition) is 1. The Hall–Kier alpha value is -4.03. The Morgan fingerprint density at radius 3 is 2.40 bits per heavy atom. The van der Waals surface area contributed by atoms with E-state index >= 15 is 0 Å². The third kappa shape index (κ3) is 6.65. The predicted molar refractivity (Wildman–Crippen MR) is 158 cm³/mol. The summed E-state index contributed by atoms with van der Waals surface area (Å²) < 4.78 is 45.9. The molecule has 0 unspecified atom stereocenters. The number of rotatable bonds is 7. The van der Waals surface area contributed by atoms with Gasteiger partial charge in [-0.1, -0.05) is 41.9 Å². The summed E-state index contributed by atoms with van der Waals surface area (Å²) in [6, 6.07) is 19.1. The van der Waals surface area contributed by atoms with E-state index in [1.165, 1.54) is 38.3 Å². The lowest BCUT2D eigenvalue weighted by molar-refractivity contribution is -0.153. The van der Waals surface area contributed by atoms with Gasteiger partial charge < -0.3 is 15.0 Å². The summed E-state index contributed by atoms with van der Waals surface area (Å²) in [7, 11) is 0. The van der Waals surface area contributed by atoms with Crippen LogP contribution in [0.4, 0.5) is 13.2 Å². The topological polar surface area (TPSA) is 85.6 Å². The summed E-state index contributed by atoms with van der Waals surface area (Å²) in [6.07, 6.45) is -4.51. The number of halogens is 5. The zero-order valence-corrected chi connectivity index (χ0v) is 25.0. The van der Waals surface area contributed by atoms with E-state index in [4.69, 9.17) is 16.3 Å². The summed E-state index contributed by atoms with van der Waals surface area (Å²) in [6.45, 7) is 0.626. The molecular weight excluding hydrogens is 653 g/mol. The molecule has 0 aliphatic carbocycles. The van der Waals surface area contributed by atoms with Crippen LogP contribution in [0.3, 0.4) is 0 Å². The number of carbonyl (C=O) groups excluding carboxylic acids is 2. The van der Waals surface area contributed by atoms with Gasteiger partial charge in [-0.3, -0.25) is 18.7 Å². The predicted octanol–water partition coefficient (Wildman–Crippen LogP) is 6.14. The van der Waals surface area contributed by atoms with Gasteiger partial charge in [0, 0.05) is 23.1 Å². The van der Waals surface area contributed by atoms with Crippen LogP contribution in [0.15, 0.2) is 82.1 Å². The van der Waals surface area contributed by atoms with E-state index in [0.717, 1.165) is 5.56 Å². The molecule has 8 nitrogen and oxygen atoms in total. The first-order valence-corrected chi connectivity index (χ1v) is 14.3. The molecule has 0 saturated heterocycles. The maximum absolute atomic E-state index is 13.9. The molecule has 1 atom stereocenters. The molecule has 2 heterocycles. The van der Waals surface area contributed by atoms with E-state index in [2.05, 4.69) is 21.2 Å². The van der Waals surface area contributed by atoms with Gasteiger partial charge in [0.1, 0.15) is 11.4 Å². The molecule has 13 heteroatoms. The van der Waals surface area contributed by atoms with E-state index in [-0.39, 0.29) is 42.7 Å². The zero-order valence-electron chi connectivity index (χ0n) is 22.7. The molecule has 3 aromatic carbocycles. The SMILES string of the molecule is C[C@H](NC(=O)c1c2n(c(=O)n1-c1ccc(OCC(F)(F)F)cc1)CCN(C(=O)c1ccc(Br)c(Cl)c1)C2)c1ccccc1. The van der Waals surface area contributed by atoms with Gasteiger partial charge in [-0.05, 0) is 70.9 Å². The number of ether oxygens (including phenoxy) is 1. The van der Waals surface area contributed by atoms with Crippen LogP contribution in [-0.4, -0.2) is 45.2 Å². The first-order valence-electron chi connectivity index (χ1n) is 13.2. The third-order valence-electron chi connectivity index (χ3n) is 6.99. The standard InChI is InChI=1S/C30H25BrClF3N4O4/c1-18(19-5-3-2-4-6-19)36-27(40)26-25-16-37(28(41)20-7-12-23(31)24(32)15-20)13-14-38(25)29(42)39(26)21-8-10-22(11-9-21)43-17-30(33,34)35/h2-12,15,18H,13-14,16-17H2,1H3,(H,36,40)/t18-/m0/s1. The minimum absolute atomic E-state index is 0.0167. The van der Waals surface area contributed by atoms with E-state index < -0.39 is 30.4 Å². The van der Waals surface area contributed by atoms with Crippen LogP contribution in [0.25, 0.3) is 5.69 Å². The molecule has 0 bridgehead atoms. The van der Waals surface area contributed by atoms with Gasteiger partial charge in [-0.15, -0.1) is 0 Å². The van der Waals surface area contributed by atoms with Crippen LogP contribution in [0.5, 0.6) is 5.75 Å². The maximum atomic E-state index is 13.9. The van der Waals surface area contributed by atoms with Crippen molar-refractivity contribution < 1.29 is 27.5 Å². The lowest BCUT2D eigenvalue weighted by atomic mass is 10.1. The molecule has 1 N–H and O–H groups in total. The lowest BCUT2D eigenvalue weighted by Gasteiger charge is -2.28. The number of fused-ring (bicyclic) bond motifs is 1. The Balaban J connectivity index is 1.52. The number of nitrogens with one attached hydrogen (secondary N) is 1. The van der Waals surface area contributed by atoms with Crippen LogP contribution < -0.4 is 15.7 Å². The maximum Gasteiger partial charge on any atom is 0.422 e. The fraction of sp³-hybridized carbons (Fsp3) is 0.233. The molecular formula is C30H25BrClF3N4O4. The van der Waals surface area contributed by atoms with Crippen molar-refractivity contribution in [2.24, 2.45) is 0 Å². The highest BCUT2D eigenvalue weighted by atomic mass is 79.9. The molecule has 1 aliphatic rings. The van der Waals surface area contributed by atoms with Gasteiger partial charge in [-0.2, -0.15) is 13.2 Å². The Labute approximate surface area is 257 Å². The zero-order chi connectivity index (χ0) is 30.9. The average Bonchev–Trinajstić information content (AvgIpc) is 3.29. The summed E-state index contributed by atoms with van der Waals surface area (Å²) in [5, 5.41) is 3.30. The monoisotopic (exact) mass is 676 g/mol. The molecule has 0 fully saturated rings. The van der Waals surface area contributed by atoms with Crippen LogP contribution in [0, 0.1) is 0 Å². The Morgan fingerprint density at radius 2 is 1.74 bits per heavy atom. The fourth-order valence-corrected chi connectivity index (χ4v) is 5.29. The molecule has 4 aromatic rings. The summed E-state index contributed by atoms with van der Waals surface area (Å²) in [5.41, 5.74) is 1.26. The minimum atomic E-state index is -4.51. The van der Waals surface area contributed by atoms with Gasteiger partial charge in [0.05, 0.1) is 29.0 Å². The van der Waals surface area contributed by atoms with Crippen LogP contribution in [0.2, 0.25) is 5.02 Å². The highest BCUT2D eigenvalue weighted by Gasteiger charge is 2.33. The molecule has 2 amide bonds. The van der Waals surface area contributed by atoms with Crippen molar-refractivity contribution in [3.05, 3.63) is 115 Å². The van der Waals surface area contributed by atoms with E-state index in [0.29, 0.717) is 20.8 Å². The third-order valence-corrected chi connectivity index (χ3v) is 8.23. The number of imidazole rings is 1. The van der Waals surface area contributed by atoms with Crippen molar-refractivity contribution in [1.82, 2.24) is 19.4 Å². The number of hydrogen-bond acceptors (Lipinski definition) is 4. The van der Waals surface area contributed by atoms with Crippen LogP contribution >= 0.6 is 27.5 Å². The first-order chi connectivity index (χ1) is 20.4. The normalized spacial score (nSPS) is 13.8. The van der Waals surface area contributed by atoms with E-state index in [1.807, 2.05) is 30.3 Å². The second kappa shape index (κ2) is 12.3. The second-order valence-corrected chi connectivity index (χ2v) is 11.2. The smallest absolute Gasteiger partial charge is 0.422 e. The molecule has 0 spiro atoms.